The highest BCUT2D eigenvalue weighted by Gasteiger charge is 2.56. The number of ether oxygens (including phenoxy) is 1. The van der Waals surface area contributed by atoms with E-state index in [1.165, 1.54) is 47.5 Å². The van der Waals surface area contributed by atoms with Crippen LogP contribution >= 0.6 is 0 Å². The lowest BCUT2D eigenvalue weighted by Crippen LogP contribution is -2.60. The first-order chi connectivity index (χ1) is 15.3. The van der Waals surface area contributed by atoms with Crippen LogP contribution in [0.4, 0.5) is 11.4 Å². The van der Waals surface area contributed by atoms with Gasteiger partial charge in [-0.05, 0) is 66.8 Å². The molecule has 156 valence electrons. The Kier molecular flexibility index (Phi) is 4.31. The first kappa shape index (κ1) is 18.6. The molecular weight excluding hydrogens is 380 g/mol. The molecule has 1 spiro atoms. The van der Waals surface area contributed by atoms with Gasteiger partial charge in [0.25, 0.3) is 0 Å². The molecule has 3 heteroatoms. The molecule has 0 amide bonds. The molecule has 31 heavy (non-hydrogen) atoms. The summed E-state index contributed by atoms with van der Waals surface area (Å²) in [5, 5.41) is 4.03. The summed E-state index contributed by atoms with van der Waals surface area (Å²) in [7, 11) is 1.72. The molecule has 3 aliphatic rings. The van der Waals surface area contributed by atoms with E-state index in [0.29, 0.717) is 11.8 Å². The van der Waals surface area contributed by atoms with Gasteiger partial charge in [0.15, 0.2) is 0 Å². The van der Waals surface area contributed by atoms with Crippen LogP contribution < -0.4 is 15.0 Å². The molecule has 1 fully saturated rings. The Morgan fingerprint density at radius 2 is 1.68 bits per heavy atom. The lowest BCUT2D eigenvalue weighted by atomic mass is 9.66. The van der Waals surface area contributed by atoms with Crippen molar-refractivity contribution in [2.24, 2.45) is 5.92 Å². The lowest BCUT2D eigenvalue weighted by molar-refractivity contribution is 0.198. The van der Waals surface area contributed by atoms with Crippen LogP contribution in [0.2, 0.25) is 0 Å². The zero-order valence-electron chi connectivity index (χ0n) is 17.9. The number of fused-ring (bicyclic) bond motifs is 2. The van der Waals surface area contributed by atoms with Crippen LogP contribution in [-0.2, 0) is 0 Å². The predicted octanol–water partition coefficient (Wildman–Crippen LogP) is 6.65. The second-order valence-corrected chi connectivity index (χ2v) is 8.97. The van der Waals surface area contributed by atoms with Crippen LogP contribution in [0.3, 0.4) is 0 Å². The Bertz CT molecular complexity index is 1120. The third-order valence-corrected chi connectivity index (χ3v) is 7.41. The number of methoxy groups -OCH3 is 1. The summed E-state index contributed by atoms with van der Waals surface area (Å²) in [4.78, 5) is 2.62. The molecule has 0 aromatic heterocycles. The molecule has 3 atom stereocenters. The van der Waals surface area contributed by atoms with Gasteiger partial charge >= 0.3 is 0 Å². The summed E-state index contributed by atoms with van der Waals surface area (Å²) in [6.45, 7) is 0. The van der Waals surface area contributed by atoms with Gasteiger partial charge in [0, 0.05) is 17.5 Å². The van der Waals surface area contributed by atoms with E-state index in [1.807, 2.05) is 0 Å². The number of para-hydroxylation sites is 2. The van der Waals surface area contributed by atoms with Gasteiger partial charge in [-0.3, -0.25) is 0 Å². The van der Waals surface area contributed by atoms with E-state index in [-0.39, 0.29) is 5.66 Å². The minimum absolute atomic E-state index is 0.0769. The van der Waals surface area contributed by atoms with Gasteiger partial charge in [-0.25, -0.2) is 0 Å². The first-order valence-corrected chi connectivity index (χ1v) is 11.4. The number of rotatable bonds is 3. The second-order valence-electron chi connectivity index (χ2n) is 8.97. The Morgan fingerprint density at radius 1 is 0.903 bits per heavy atom. The quantitative estimate of drug-likeness (QED) is 0.525. The summed E-state index contributed by atoms with van der Waals surface area (Å²) in [5.41, 5.74) is 6.42. The molecule has 1 N–H and O–H groups in total. The van der Waals surface area contributed by atoms with E-state index in [4.69, 9.17) is 4.74 Å². The fourth-order valence-corrected chi connectivity index (χ4v) is 6.07. The minimum atomic E-state index is -0.0769. The van der Waals surface area contributed by atoms with E-state index in [0.717, 1.165) is 12.2 Å². The average Bonchev–Trinajstić information content (AvgIpc) is 3.17. The van der Waals surface area contributed by atoms with Crippen molar-refractivity contribution in [1.29, 1.82) is 0 Å². The van der Waals surface area contributed by atoms with Gasteiger partial charge in [-0.15, -0.1) is 0 Å². The highest BCUT2D eigenvalue weighted by molar-refractivity contribution is 5.93. The van der Waals surface area contributed by atoms with Gasteiger partial charge in [0.2, 0.25) is 0 Å². The molecule has 2 heterocycles. The molecule has 0 saturated heterocycles. The lowest BCUT2D eigenvalue weighted by Gasteiger charge is -2.54. The van der Waals surface area contributed by atoms with Gasteiger partial charge in [0.05, 0.1) is 18.5 Å². The van der Waals surface area contributed by atoms with Crippen molar-refractivity contribution in [2.45, 2.75) is 37.3 Å². The normalized spacial score (nSPS) is 26.2. The van der Waals surface area contributed by atoms with Crippen LogP contribution in [0.15, 0.2) is 84.9 Å². The fourth-order valence-electron chi connectivity index (χ4n) is 6.07. The Balaban J connectivity index is 1.58. The molecule has 3 aromatic rings. The molecule has 6 rings (SSSR count). The molecule has 0 radical (unpaired) electrons. The van der Waals surface area contributed by atoms with Crippen LogP contribution in [0.1, 0.15) is 42.7 Å². The van der Waals surface area contributed by atoms with Crippen LogP contribution in [0.25, 0.3) is 5.70 Å². The van der Waals surface area contributed by atoms with Crippen molar-refractivity contribution in [1.82, 2.24) is 0 Å². The van der Waals surface area contributed by atoms with Crippen molar-refractivity contribution in [3.05, 3.63) is 96.1 Å². The molecule has 3 nitrogen and oxygen atoms in total. The number of anilines is 2. The molecule has 0 unspecified atom stereocenters. The zero-order valence-corrected chi connectivity index (χ0v) is 17.9. The third kappa shape index (κ3) is 2.79. The number of hydrogen-bond donors (Lipinski definition) is 1. The molecule has 1 saturated carbocycles. The average molecular weight is 409 g/mol. The molecule has 2 aliphatic heterocycles. The smallest absolute Gasteiger partial charge is 0.119 e. The van der Waals surface area contributed by atoms with Crippen molar-refractivity contribution in [3.63, 3.8) is 0 Å². The van der Waals surface area contributed by atoms with Gasteiger partial charge in [-0.1, -0.05) is 55.0 Å². The molecule has 0 bridgehead atoms. The van der Waals surface area contributed by atoms with Crippen molar-refractivity contribution < 1.29 is 4.74 Å². The number of nitrogens with one attached hydrogen (secondary N) is 1. The largest absolute Gasteiger partial charge is 0.497 e. The Labute approximate surface area is 184 Å². The molecule has 3 aromatic carbocycles. The van der Waals surface area contributed by atoms with Crippen LogP contribution in [-0.4, -0.2) is 12.8 Å². The topological polar surface area (TPSA) is 24.5 Å². The Morgan fingerprint density at radius 3 is 2.48 bits per heavy atom. The third-order valence-electron chi connectivity index (χ3n) is 7.41. The van der Waals surface area contributed by atoms with Crippen LogP contribution in [0.5, 0.6) is 5.75 Å². The summed E-state index contributed by atoms with van der Waals surface area (Å²) < 4.78 is 5.43. The highest BCUT2D eigenvalue weighted by Crippen LogP contribution is 2.58. The summed E-state index contributed by atoms with van der Waals surface area (Å²) in [6, 6.07) is 28.4. The highest BCUT2D eigenvalue weighted by atomic mass is 16.5. The van der Waals surface area contributed by atoms with E-state index in [2.05, 4.69) is 95.2 Å². The maximum atomic E-state index is 5.43. The molecular formula is C28H28N2O. The van der Waals surface area contributed by atoms with Crippen LogP contribution in [0, 0.1) is 5.92 Å². The number of allylic oxidation sites excluding steroid dienone is 1. The monoisotopic (exact) mass is 408 g/mol. The standard InChI is InChI=1S/C28H28N2O/c1-31-22-16-14-21(15-17-22)27-19-23(20-9-3-2-4-10-20)24-11-7-8-18-28(24)29-25-12-5-6-13-26(25)30(27)28/h2-6,9-10,12-17,19,23-24,29H,7-8,11,18H2,1H3/t23-,24+,28+/m0/s1. The zero-order chi connectivity index (χ0) is 20.8. The molecule has 1 aliphatic carbocycles. The summed E-state index contributed by atoms with van der Waals surface area (Å²) >= 11 is 0. The van der Waals surface area contributed by atoms with E-state index in [9.17, 15) is 0 Å². The van der Waals surface area contributed by atoms with E-state index < -0.39 is 0 Å². The Hall–Kier alpha value is -3.20. The second kappa shape index (κ2) is 7.19. The van der Waals surface area contributed by atoms with Crippen molar-refractivity contribution >= 4 is 17.1 Å². The van der Waals surface area contributed by atoms with E-state index in [1.54, 1.807) is 7.11 Å². The van der Waals surface area contributed by atoms with Crippen molar-refractivity contribution in [3.8, 4) is 5.75 Å². The van der Waals surface area contributed by atoms with Gasteiger partial charge in [-0.2, -0.15) is 0 Å². The minimum Gasteiger partial charge on any atom is -0.497 e. The van der Waals surface area contributed by atoms with Crippen molar-refractivity contribution in [2.75, 3.05) is 17.3 Å². The van der Waals surface area contributed by atoms with Gasteiger partial charge in [0.1, 0.15) is 11.4 Å². The number of nitrogens with zero attached hydrogens (tertiary/aromatic N) is 1. The van der Waals surface area contributed by atoms with E-state index >= 15 is 0 Å². The predicted molar refractivity (Wildman–Crippen MR) is 127 cm³/mol. The SMILES string of the molecule is COc1ccc(C2=C[C@@H](c3ccccc3)[C@H]3CCCC[C@]34Nc3ccccc3N24)cc1. The van der Waals surface area contributed by atoms with Gasteiger partial charge < -0.3 is 15.0 Å². The number of benzene rings is 3. The maximum Gasteiger partial charge on any atom is 0.119 e. The summed E-state index contributed by atoms with van der Waals surface area (Å²) in [5.74, 6) is 1.81. The first-order valence-electron chi connectivity index (χ1n) is 11.4. The maximum absolute atomic E-state index is 5.43. The fraction of sp³-hybridized carbons (Fsp3) is 0.286. The summed E-state index contributed by atoms with van der Waals surface area (Å²) in [6.07, 6.45) is 7.47. The number of hydrogen-bond acceptors (Lipinski definition) is 3.